The van der Waals surface area contributed by atoms with E-state index in [1.54, 1.807) is 55.5 Å². The first kappa shape index (κ1) is 18.5. The lowest BCUT2D eigenvalue weighted by Gasteiger charge is -2.25. The fourth-order valence-corrected chi connectivity index (χ4v) is 3.44. The number of methoxy groups -OCH3 is 1. The van der Waals surface area contributed by atoms with Crippen LogP contribution in [-0.2, 0) is 9.59 Å². The molecular formula is C22H18N2O5. The van der Waals surface area contributed by atoms with Gasteiger partial charge in [-0.15, -0.1) is 0 Å². The molecule has 29 heavy (non-hydrogen) atoms. The molecular weight excluding hydrogens is 372 g/mol. The van der Waals surface area contributed by atoms with Gasteiger partial charge in [0.25, 0.3) is 11.7 Å². The Morgan fingerprint density at radius 2 is 1.83 bits per heavy atom. The molecule has 1 unspecified atom stereocenters. The first-order chi connectivity index (χ1) is 14.0. The van der Waals surface area contributed by atoms with Gasteiger partial charge in [-0.05, 0) is 43.3 Å². The van der Waals surface area contributed by atoms with E-state index in [0.717, 1.165) is 0 Å². The number of hydrogen-bond donors (Lipinski definition) is 1. The summed E-state index contributed by atoms with van der Waals surface area (Å²) in [5.41, 5.74) is 0.734. The van der Waals surface area contributed by atoms with E-state index in [0.29, 0.717) is 28.5 Å². The van der Waals surface area contributed by atoms with Crippen molar-refractivity contribution in [3.05, 3.63) is 83.6 Å². The molecule has 1 atom stereocenters. The molecule has 7 heteroatoms. The maximum absolute atomic E-state index is 13.0. The number of aliphatic hydroxyl groups excluding tert-OH is 1. The van der Waals surface area contributed by atoms with Crippen LogP contribution in [0.4, 0.5) is 5.69 Å². The molecule has 1 fully saturated rings. The molecule has 0 aliphatic carbocycles. The van der Waals surface area contributed by atoms with Crippen LogP contribution in [0, 0.1) is 6.92 Å². The third-order valence-electron chi connectivity index (χ3n) is 4.77. The number of nitrogens with zero attached hydrogens (tertiary/aromatic N) is 2. The van der Waals surface area contributed by atoms with Gasteiger partial charge in [-0.3, -0.25) is 19.5 Å². The van der Waals surface area contributed by atoms with E-state index in [4.69, 9.17) is 9.15 Å². The predicted molar refractivity (Wildman–Crippen MR) is 105 cm³/mol. The van der Waals surface area contributed by atoms with Gasteiger partial charge in [0.1, 0.15) is 29.1 Å². The number of furan rings is 1. The van der Waals surface area contributed by atoms with E-state index in [9.17, 15) is 14.7 Å². The topological polar surface area (TPSA) is 92.9 Å². The third-order valence-corrected chi connectivity index (χ3v) is 4.77. The van der Waals surface area contributed by atoms with Gasteiger partial charge in [0.2, 0.25) is 0 Å². The minimum absolute atomic E-state index is 0.0542. The SMILES string of the molecule is COc1ccccc1N1C(=O)C(=O)/C(=C(\O)c2ccncc2)C1c1ccc(C)o1. The second-order valence-electron chi connectivity index (χ2n) is 6.53. The predicted octanol–water partition coefficient (Wildman–Crippen LogP) is 3.62. The van der Waals surface area contributed by atoms with Crippen molar-refractivity contribution in [1.82, 2.24) is 4.98 Å². The number of hydrogen-bond acceptors (Lipinski definition) is 6. The molecule has 7 nitrogen and oxygen atoms in total. The van der Waals surface area contributed by atoms with Gasteiger partial charge in [-0.2, -0.15) is 0 Å². The van der Waals surface area contributed by atoms with Gasteiger partial charge in [0.05, 0.1) is 18.4 Å². The fraction of sp³-hybridized carbons (Fsp3) is 0.136. The first-order valence-corrected chi connectivity index (χ1v) is 8.93. The lowest BCUT2D eigenvalue weighted by Crippen LogP contribution is -2.29. The Hall–Kier alpha value is -3.87. The monoisotopic (exact) mass is 390 g/mol. The van der Waals surface area contributed by atoms with E-state index in [2.05, 4.69) is 4.98 Å². The van der Waals surface area contributed by atoms with E-state index in [1.807, 2.05) is 0 Å². The summed E-state index contributed by atoms with van der Waals surface area (Å²) in [5, 5.41) is 10.9. The number of aliphatic hydroxyl groups is 1. The molecule has 1 aromatic carbocycles. The Morgan fingerprint density at radius 3 is 2.48 bits per heavy atom. The Labute approximate surface area is 166 Å². The quantitative estimate of drug-likeness (QED) is 0.416. The molecule has 1 N–H and O–H groups in total. The number of ketones is 1. The number of aromatic nitrogens is 1. The summed E-state index contributed by atoms with van der Waals surface area (Å²) in [6.07, 6.45) is 2.99. The van der Waals surface area contributed by atoms with Crippen LogP contribution in [0.5, 0.6) is 5.75 Å². The summed E-state index contributed by atoms with van der Waals surface area (Å²) in [4.78, 5) is 31.2. The lowest BCUT2D eigenvalue weighted by molar-refractivity contribution is -0.132. The molecule has 3 aromatic rings. The molecule has 1 aliphatic heterocycles. The van der Waals surface area contributed by atoms with Crippen molar-refractivity contribution in [3.8, 4) is 5.75 Å². The van der Waals surface area contributed by atoms with Crippen LogP contribution in [0.3, 0.4) is 0 Å². The Kier molecular flexibility index (Phi) is 4.64. The van der Waals surface area contributed by atoms with Crippen LogP contribution in [0.25, 0.3) is 5.76 Å². The molecule has 1 aliphatic rings. The minimum atomic E-state index is -0.937. The number of rotatable bonds is 4. The molecule has 146 valence electrons. The van der Waals surface area contributed by atoms with Gasteiger partial charge >= 0.3 is 0 Å². The van der Waals surface area contributed by atoms with Crippen molar-refractivity contribution in [2.45, 2.75) is 13.0 Å². The molecule has 3 heterocycles. The average molecular weight is 390 g/mol. The van der Waals surface area contributed by atoms with E-state index >= 15 is 0 Å². The number of ether oxygens (including phenoxy) is 1. The lowest BCUT2D eigenvalue weighted by atomic mass is 9.99. The standard InChI is InChI=1S/C22H18N2O5/c1-13-7-8-17(29-13)19-18(20(25)14-9-11-23-12-10-14)21(26)22(27)24(19)15-5-3-4-6-16(15)28-2/h3-12,19,25H,1-2H3/b20-18-. The van der Waals surface area contributed by atoms with Crippen LogP contribution < -0.4 is 9.64 Å². The summed E-state index contributed by atoms with van der Waals surface area (Å²) in [7, 11) is 1.48. The number of carbonyl (C=O) groups excluding carboxylic acids is 2. The molecule has 0 radical (unpaired) electrons. The summed E-state index contributed by atoms with van der Waals surface area (Å²) < 4.78 is 11.1. The summed E-state index contributed by atoms with van der Waals surface area (Å²) in [6, 6.07) is 12.5. The van der Waals surface area contributed by atoms with Gasteiger partial charge < -0.3 is 14.3 Å². The molecule has 1 amide bonds. The van der Waals surface area contributed by atoms with Crippen molar-refractivity contribution in [1.29, 1.82) is 0 Å². The second-order valence-corrected chi connectivity index (χ2v) is 6.53. The maximum Gasteiger partial charge on any atom is 0.300 e. The van der Waals surface area contributed by atoms with Crippen LogP contribution in [0.2, 0.25) is 0 Å². The highest BCUT2D eigenvalue weighted by atomic mass is 16.5. The minimum Gasteiger partial charge on any atom is -0.507 e. The summed E-state index contributed by atoms with van der Waals surface area (Å²) in [5.74, 6) is -0.458. The zero-order chi connectivity index (χ0) is 20.5. The Morgan fingerprint density at radius 1 is 1.10 bits per heavy atom. The van der Waals surface area contributed by atoms with Gasteiger partial charge in [-0.25, -0.2) is 0 Å². The zero-order valence-corrected chi connectivity index (χ0v) is 15.8. The van der Waals surface area contributed by atoms with Crippen LogP contribution in [0.15, 0.2) is 70.9 Å². The number of aryl methyl sites for hydroxylation is 1. The van der Waals surface area contributed by atoms with Gasteiger partial charge in [-0.1, -0.05) is 12.1 Å². The second kappa shape index (κ2) is 7.27. The highest BCUT2D eigenvalue weighted by Crippen LogP contribution is 2.45. The van der Waals surface area contributed by atoms with Crippen molar-refractivity contribution < 1.29 is 23.8 Å². The number of anilines is 1. The molecule has 0 bridgehead atoms. The average Bonchev–Trinajstić information content (AvgIpc) is 3.29. The van der Waals surface area contributed by atoms with Gasteiger partial charge in [0.15, 0.2) is 0 Å². The van der Waals surface area contributed by atoms with Crippen molar-refractivity contribution in [2.75, 3.05) is 12.0 Å². The fourth-order valence-electron chi connectivity index (χ4n) is 3.44. The third kappa shape index (κ3) is 3.06. The summed E-state index contributed by atoms with van der Waals surface area (Å²) in [6.45, 7) is 1.77. The number of Topliss-reactive ketones (excluding diaryl/α,β-unsaturated/α-hetero) is 1. The highest BCUT2D eigenvalue weighted by molar-refractivity contribution is 6.51. The highest BCUT2D eigenvalue weighted by Gasteiger charge is 2.49. The molecule has 0 saturated carbocycles. The number of para-hydroxylation sites is 2. The molecule has 2 aromatic heterocycles. The number of benzene rings is 1. The van der Waals surface area contributed by atoms with Crippen LogP contribution in [0.1, 0.15) is 23.1 Å². The molecule has 1 saturated heterocycles. The zero-order valence-electron chi connectivity index (χ0n) is 15.8. The van der Waals surface area contributed by atoms with E-state index in [-0.39, 0.29) is 11.3 Å². The number of amides is 1. The molecule has 4 rings (SSSR count). The molecule has 0 spiro atoms. The van der Waals surface area contributed by atoms with Gasteiger partial charge in [0, 0.05) is 18.0 Å². The van der Waals surface area contributed by atoms with E-state index < -0.39 is 17.7 Å². The number of carbonyl (C=O) groups is 2. The van der Waals surface area contributed by atoms with Crippen molar-refractivity contribution in [2.24, 2.45) is 0 Å². The first-order valence-electron chi connectivity index (χ1n) is 8.93. The van der Waals surface area contributed by atoms with Crippen LogP contribution >= 0.6 is 0 Å². The summed E-state index contributed by atoms with van der Waals surface area (Å²) >= 11 is 0. The number of pyridine rings is 1. The Balaban J connectivity index is 1.97. The normalized spacial score (nSPS) is 18.3. The van der Waals surface area contributed by atoms with Crippen molar-refractivity contribution in [3.63, 3.8) is 0 Å². The smallest absolute Gasteiger partial charge is 0.300 e. The van der Waals surface area contributed by atoms with E-state index in [1.165, 1.54) is 24.4 Å². The Bertz CT molecular complexity index is 1120. The van der Waals surface area contributed by atoms with Crippen LogP contribution in [-0.4, -0.2) is 28.9 Å². The van der Waals surface area contributed by atoms with Crippen molar-refractivity contribution >= 4 is 23.1 Å². The maximum atomic E-state index is 13.0. The largest absolute Gasteiger partial charge is 0.507 e.